The third-order valence-corrected chi connectivity index (χ3v) is 5.07. The highest BCUT2D eigenvalue weighted by molar-refractivity contribution is 9.10. The molecule has 0 aliphatic rings. The Morgan fingerprint density at radius 3 is 2.46 bits per heavy atom. The van der Waals surface area contributed by atoms with Crippen molar-refractivity contribution < 1.29 is 9.53 Å². The summed E-state index contributed by atoms with van der Waals surface area (Å²) in [5, 5.41) is 3.68. The number of halogens is 1. The smallest absolute Gasteiger partial charge is 0.310 e. The molecule has 0 aliphatic carbocycles. The Balaban J connectivity index is 2.68. The van der Waals surface area contributed by atoms with Crippen molar-refractivity contribution in [2.45, 2.75) is 77.7 Å². The first-order valence-corrected chi connectivity index (χ1v) is 10.7. The third-order valence-electron chi connectivity index (χ3n) is 4.57. The number of carbonyl (C=O) groups excluding carboxylic acids is 1. The van der Waals surface area contributed by atoms with Crippen molar-refractivity contribution >= 4 is 21.9 Å². The second-order valence-electron chi connectivity index (χ2n) is 6.89. The predicted molar refractivity (Wildman–Crippen MR) is 113 cm³/mol. The van der Waals surface area contributed by atoms with Crippen molar-refractivity contribution in [1.29, 1.82) is 0 Å². The number of carbonyl (C=O) groups is 1. The average Bonchev–Trinajstić information content (AvgIpc) is 2.59. The van der Waals surface area contributed by atoms with E-state index in [4.69, 9.17) is 4.74 Å². The number of hydrogen-bond donors (Lipinski definition) is 1. The minimum absolute atomic E-state index is 0.176. The Kier molecular flexibility index (Phi) is 10.8. The molecule has 1 N–H and O–H groups in total. The van der Waals surface area contributed by atoms with Gasteiger partial charge in [0.15, 0.2) is 0 Å². The van der Waals surface area contributed by atoms with E-state index in [1.165, 1.54) is 5.56 Å². The van der Waals surface area contributed by atoms with Gasteiger partial charge in [-0.3, -0.25) is 4.79 Å². The zero-order valence-electron chi connectivity index (χ0n) is 16.6. The van der Waals surface area contributed by atoms with E-state index in [9.17, 15) is 4.79 Å². The molecule has 0 fully saturated rings. The van der Waals surface area contributed by atoms with E-state index in [1.807, 2.05) is 13.0 Å². The summed E-state index contributed by atoms with van der Waals surface area (Å²) in [5.41, 5.74) is 1.01. The summed E-state index contributed by atoms with van der Waals surface area (Å²) in [6, 6.07) is 8.43. The van der Waals surface area contributed by atoms with Crippen molar-refractivity contribution in [3.05, 3.63) is 46.6 Å². The highest BCUT2D eigenvalue weighted by Crippen LogP contribution is 2.29. The monoisotopic (exact) mass is 423 g/mol. The first-order chi connectivity index (χ1) is 12.5. The van der Waals surface area contributed by atoms with Crippen LogP contribution in [0.15, 0.2) is 41.1 Å². The fraction of sp³-hybridized carbons (Fsp3) is 0.591. The van der Waals surface area contributed by atoms with Crippen molar-refractivity contribution in [1.82, 2.24) is 5.32 Å². The molecular weight excluding hydrogens is 390 g/mol. The van der Waals surface area contributed by atoms with Crippen LogP contribution in [0.2, 0.25) is 0 Å². The molecule has 1 aromatic carbocycles. The minimum Gasteiger partial charge on any atom is -0.430 e. The summed E-state index contributed by atoms with van der Waals surface area (Å²) in [6.07, 6.45) is 7.17. The molecule has 0 radical (unpaired) electrons. The first-order valence-electron chi connectivity index (χ1n) is 9.87. The van der Waals surface area contributed by atoms with Gasteiger partial charge in [0.1, 0.15) is 5.76 Å². The maximum Gasteiger partial charge on any atom is 0.310 e. The molecule has 0 saturated heterocycles. The molecule has 146 valence electrons. The predicted octanol–water partition coefficient (Wildman–Crippen LogP) is 6.17. The number of benzene rings is 1. The van der Waals surface area contributed by atoms with Crippen LogP contribution < -0.4 is 5.32 Å². The second kappa shape index (κ2) is 12.3. The summed E-state index contributed by atoms with van der Waals surface area (Å²) in [6.45, 7) is 11.3. The molecule has 1 aromatic rings. The minimum atomic E-state index is -0.315. The van der Waals surface area contributed by atoms with Gasteiger partial charge in [-0.1, -0.05) is 68.3 Å². The van der Waals surface area contributed by atoms with Gasteiger partial charge in [-0.15, -0.1) is 0 Å². The summed E-state index contributed by atoms with van der Waals surface area (Å²) in [5.74, 6) is 0.409. The van der Waals surface area contributed by atoms with Gasteiger partial charge in [-0.05, 0) is 56.3 Å². The maximum atomic E-state index is 11.9. The van der Waals surface area contributed by atoms with Gasteiger partial charge in [0.2, 0.25) is 0 Å². The molecule has 0 saturated carbocycles. The van der Waals surface area contributed by atoms with Crippen molar-refractivity contribution in [2.24, 2.45) is 0 Å². The van der Waals surface area contributed by atoms with E-state index in [1.54, 1.807) is 0 Å². The Bertz CT molecular complexity index is 565. The molecule has 0 spiro atoms. The van der Waals surface area contributed by atoms with E-state index in [0.717, 1.165) is 56.0 Å². The molecule has 0 aliphatic heterocycles. The number of nitrogens with one attached hydrogen (secondary N) is 1. The lowest BCUT2D eigenvalue weighted by atomic mass is 9.86. The molecule has 0 amide bonds. The fourth-order valence-electron chi connectivity index (χ4n) is 3.34. The van der Waals surface area contributed by atoms with Crippen molar-refractivity contribution in [2.75, 3.05) is 6.54 Å². The maximum absolute atomic E-state index is 11.9. The van der Waals surface area contributed by atoms with Crippen molar-refractivity contribution in [3.8, 4) is 0 Å². The molecule has 0 aromatic heterocycles. The van der Waals surface area contributed by atoms with Crippen LogP contribution in [0.4, 0.5) is 0 Å². The van der Waals surface area contributed by atoms with Gasteiger partial charge in [0, 0.05) is 10.9 Å². The molecule has 1 rings (SSSR count). The Morgan fingerprint density at radius 2 is 1.88 bits per heavy atom. The topological polar surface area (TPSA) is 38.3 Å². The molecule has 0 heterocycles. The average molecular weight is 424 g/mol. The van der Waals surface area contributed by atoms with Crippen LogP contribution in [-0.4, -0.2) is 18.1 Å². The standard InChI is InChI=1S/C22H34BrNO2/c1-5-10-21(25)26-18(4)22(14-6-2,15-7-3)24-16-9-12-19-11-8-13-20(23)17-19/h8,11,13,17,24H,4-7,9-10,12,14-16H2,1-3H3. The van der Waals surface area contributed by atoms with Gasteiger partial charge in [0.25, 0.3) is 0 Å². The van der Waals surface area contributed by atoms with Crippen LogP contribution in [0.3, 0.4) is 0 Å². The molecule has 26 heavy (non-hydrogen) atoms. The number of aryl methyl sites for hydroxylation is 1. The van der Waals surface area contributed by atoms with E-state index < -0.39 is 0 Å². The first kappa shape index (κ1) is 22.9. The number of rotatable bonds is 13. The highest BCUT2D eigenvalue weighted by Gasteiger charge is 2.33. The number of ether oxygens (including phenoxy) is 1. The molecule has 4 heteroatoms. The van der Waals surface area contributed by atoms with Gasteiger partial charge >= 0.3 is 5.97 Å². The summed E-state index contributed by atoms with van der Waals surface area (Å²) < 4.78 is 6.71. The normalized spacial score (nSPS) is 11.4. The molecular formula is C22H34BrNO2. The van der Waals surface area contributed by atoms with Crippen molar-refractivity contribution in [3.63, 3.8) is 0 Å². The highest BCUT2D eigenvalue weighted by atomic mass is 79.9. The third kappa shape index (κ3) is 7.63. The molecule has 3 nitrogen and oxygen atoms in total. The summed E-state index contributed by atoms with van der Waals surface area (Å²) in [4.78, 5) is 11.9. The van der Waals surface area contributed by atoms with Crippen LogP contribution >= 0.6 is 15.9 Å². The van der Waals surface area contributed by atoms with Crippen LogP contribution in [0, 0.1) is 0 Å². The molecule has 0 unspecified atom stereocenters. The lowest BCUT2D eigenvalue weighted by molar-refractivity contribution is -0.141. The van der Waals surface area contributed by atoms with E-state index >= 15 is 0 Å². The van der Waals surface area contributed by atoms with Gasteiger partial charge in [-0.25, -0.2) is 0 Å². The Morgan fingerprint density at radius 1 is 1.19 bits per heavy atom. The zero-order valence-corrected chi connectivity index (χ0v) is 18.2. The summed E-state index contributed by atoms with van der Waals surface area (Å²) >= 11 is 3.52. The van der Waals surface area contributed by atoms with Gasteiger partial charge in [0.05, 0.1) is 5.54 Å². The van der Waals surface area contributed by atoms with Crippen LogP contribution in [0.5, 0.6) is 0 Å². The van der Waals surface area contributed by atoms with Crippen LogP contribution in [-0.2, 0) is 16.0 Å². The number of esters is 1. The van der Waals surface area contributed by atoms with E-state index in [0.29, 0.717) is 12.2 Å². The molecule has 0 atom stereocenters. The largest absolute Gasteiger partial charge is 0.430 e. The lowest BCUT2D eigenvalue weighted by Crippen LogP contribution is -2.48. The SMILES string of the molecule is C=C(OC(=O)CCC)C(CCC)(CCC)NCCCc1cccc(Br)c1. The van der Waals surface area contributed by atoms with Gasteiger partial charge in [-0.2, -0.15) is 0 Å². The fourth-order valence-corrected chi connectivity index (χ4v) is 3.78. The quantitative estimate of drug-likeness (QED) is 0.234. The number of hydrogen-bond acceptors (Lipinski definition) is 3. The van der Waals surface area contributed by atoms with Crippen LogP contribution in [0.25, 0.3) is 0 Å². The summed E-state index contributed by atoms with van der Waals surface area (Å²) in [7, 11) is 0. The Hall–Kier alpha value is -1.13. The van der Waals surface area contributed by atoms with E-state index in [-0.39, 0.29) is 11.5 Å². The lowest BCUT2D eigenvalue weighted by Gasteiger charge is -2.36. The Labute approximate surface area is 167 Å². The second-order valence-corrected chi connectivity index (χ2v) is 7.81. The molecule has 0 bridgehead atoms. The van der Waals surface area contributed by atoms with E-state index in [2.05, 4.69) is 59.9 Å². The van der Waals surface area contributed by atoms with Crippen LogP contribution in [0.1, 0.15) is 71.3 Å². The van der Waals surface area contributed by atoms with Gasteiger partial charge < -0.3 is 10.1 Å². The zero-order chi connectivity index (χ0) is 19.4.